The Hall–Kier alpha value is -4.04. The molecule has 4 aromatic rings. The number of amides is 1. The van der Waals surface area contributed by atoms with E-state index in [4.69, 9.17) is 4.98 Å². The van der Waals surface area contributed by atoms with Crippen LogP contribution in [0.15, 0.2) is 66.9 Å². The van der Waals surface area contributed by atoms with Crippen LogP contribution < -0.4 is 0 Å². The van der Waals surface area contributed by atoms with Gasteiger partial charge in [0.2, 0.25) is 5.91 Å². The van der Waals surface area contributed by atoms with E-state index < -0.39 is 0 Å². The molecule has 2 aromatic heterocycles. The standard InChI is InChI=1S/C29H31N5O3/c1-20(2)29(35)32-15-13-31(14-16-32)19-26-28(22-9-7-21(3)8-10-22)30-27-12-11-24(18-33(26)27)23-5-4-6-25(17-23)34(36)37/h4-12,17-18,20H,13-16,19H2,1-3H3. The van der Waals surface area contributed by atoms with Crippen molar-refractivity contribution in [2.24, 2.45) is 5.92 Å². The van der Waals surface area contributed by atoms with Crippen LogP contribution in [-0.2, 0) is 11.3 Å². The first kappa shape index (κ1) is 24.6. The van der Waals surface area contributed by atoms with Crippen LogP contribution in [0.25, 0.3) is 28.0 Å². The molecule has 1 saturated heterocycles. The highest BCUT2D eigenvalue weighted by Crippen LogP contribution is 2.30. The van der Waals surface area contributed by atoms with Crippen molar-refractivity contribution in [2.75, 3.05) is 26.2 Å². The van der Waals surface area contributed by atoms with Crippen LogP contribution in [0, 0.1) is 23.0 Å². The Labute approximate surface area is 216 Å². The third-order valence-electron chi connectivity index (χ3n) is 6.98. The van der Waals surface area contributed by atoms with Gasteiger partial charge in [0.25, 0.3) is 5.69 Å². The highest BCUT2D eigenvalue weighted by atomic mass is 16.6. The maximum atomic E-state index is 12.5. The van der Waals surface area contributed by atoms with E-state index in [0.717, 1.165) is 46.8 Å². The van der Waals surface area contributed by atoms with Gasteiger partial charge in [-0.25, -0.2) is 4.98 Å². The fourth-order valence-corrected chi connectivity index (χ4v) is 4.86. The minimum atomic E-state index is -0.371. The van der Waals surface area contributed by atoms with Crippen LogP contribution in [0.3, 0.4) is 0 Å². The van der Waals surface area contributed by atoms with Crippen LogP contribution in [-0.4, -0.2) is 56.2 Å². The number of nitro benzene ring substituents is 1. The first-order valence-corrected chi connectivity index (χ1v) is 12.6. The Bertz CT molecular complexity index is 1450. The second-order valence-corrected chi connectivity index (χ2v) is 9.98. The normalized spacial score (nSPS) is 14.4. The van der Waals surface area contributed by atoms with Gasteiger partial charge in [-0.05, 0) is 30.2 Å². The van der Waals surface area contributed by atoms with Crippen molar-refractivity contribution in [3.63, 3.8) is 0 Å². The molecule has 37 heavy (non-hydrogen) atoms. The second kappa shape index (κ2) is 10.1. The van der Waals surface area contributed by atoms with Gasteiger partial charge in [0, 0.05) is 62.5 Å². The summed E-state index contributed by atoms with van der Waals surface area (Å²) < 4.78 is 2.11. The molecule has 2 aromatic carbocycles. The Balaban J connectivity index is 1.52. The van der Waals surface area contributed by atoms with Crippen molar-refractivity contribution >= 4 is 17.2 Å². The van der Waals surface area contributed by atoms with E-state index >= 15 is 0 Å². The number of nitro groups is 1. The molecule has 8 nitrogen and oxygen atoms in total. The Kier molecular flexibility index (Phi) is 6.76. The molecule has 0 spiro atoms. The van der Waals surface area contributed by atoms with Gasteiger partial charge in [-0.3, -0.25) is 19.8 Å². The zero-order chi connectivity index (χ0) is 26.1. The molecule has 0 unspecified atom stereocenters. The van der Waals surface area contributed by atoms with Gasteiger partial charge in [-0.15, -0.1) is 0 Å². The molecule has 0 saturated carbocycles. The minimum Gasteiger partial charge on any atom is -0.340 e. The van der Waals surface area contributed by atoms with Crippen LogP contribution in [0.4, 0.5) is 5.69 Å². The van der Waals surface area contributed by atoms with E-state index in [1.165, 1.54) is 11.6 Å². The molecule has 5 rings (SSSR count). The zero-order valence-electron chi connectivity index (χ0n) is 21.4. The van der Waals surface area contributed by atoms with E-state index in [1.807, 2.05) is 43.1 Å². The van der Waals surface area contributed by atoms with Gasteiger partial charge in [0.1, 0.15) is 5.65 Å². The lowest BCUT2D eigenvalue weighted by molar-refractivity contribution is -0.384. The largest absolute Gasteiger partial charge is 0.340 e. The van der Waals surface area contributed by atoms with Gasteiger partial charge in [0.05, 0.1) is 16.3 Å². The molecular formula is C29H31N5O3. The van der Waals surface area contributed by atoms with Crippen molar-refractivity contribution in [1.29, 1.82) is 0 Å². The summed E-state index contributed by atoms with van der Waals surface area (Å²) >= 11 is 0. The first-order valence-electron chi connectivity index (χ1n) is 12.6. The lowest BCUT2D eigenvalue weighted by Crippen LogP contribution is -2.49. The second-order valence-electron chi connectivity index (χ2n) is 9.98. The van der Waals surface area contributed by atoms with E-state index in [1.54, 1.807) is 12.1 Å². The summed E-state index contributed by atoms with van der Waals surface area (Å²) in [5.41, 5.74) is 6.80. The molecule has 8 heteroatoms. The molecule has 1 aliphatic heterocycles. The van der Waals surface area contributed by atoms with Crippen molar-refractivity contribution in [3.8, 4) is 22.4 Å². The SMILES string of the molecule is Cc1ccc(-c2nc3ccc(-c4cccc([N+](=O)[O-])c4)cn3c2CN2CCN(C(=O)C(C)C)CC2)cc1. The molecule has 0 bridgehead atoms. The van der Waals surface area contributed by atoms with Crippen molar-refractivity contribution < 1.29 is 9.72 Å². The number of rotatable bonds is 6. The predicted octanol–water partition coefficient (Wildman–Crippen LogP) is 5.19. The van der Waals surface area contributed by atoms with Crippen LogP contribution in [0.1, 0.15) is 25.1 Å². The third kappa shape index (κ3) is 5.11. The molecule has 0 N–H and O–H groups in total. The van der Waals surface area contributed by atoms with Crippen LogP contribution in [0.2, 0.25) is 0 Å². The summed E-state index contributed by atoms with van der Waals surface area (Å²) in [5.74, 6) is 0.210. The number of piperazine rings is 1. The summed E-state index contributed by atoms with van der Waals surface area (Å²) in [5, 5.41) is 11.3. The molecule has 3 heterocycles. The predicted molar refractivity (Wildman–Crippen MR) is 144 cm³/mol. The number of fused-ring (bicyclic) bond motifs is 1. The fourth-order valence-electron chi connectivity index (χ4n) is 4.86. The van der Waals surface area contributed by atoms with Crippen molar-refractivity contribution in [1.82, 2.24) is 19.2 Å². The molecule has 1 fully saturated rings. The average molecular weight is 498 g/mol. The van der Waals surface area contributed by atoms with E-state index in [-0.39, 0.29) is 22.4 Å². The van der Waals surface area contributed by atoms with E-state index in [0.29, 0.717) is 19.6 Å². The highest BCUT2D eigenvalue weighted by Gasteiger charge is 2.25. The van der Waals surface area contributed by atoms with Gasteiger partial charge in [-0.2, -0.15) is 0 Å². The number of carbonyl (C=O) groups is 1. The quantitative estimate of drug-likeness (QED) is 0.271. The molecular weight excluding hydrogens is 466 g/mol. The summed E-state index contributed by atoms with van der Waals surface area (Å²) in [4.78, 5) is 32.7. The first-order chi connectivity index (χ1) is 17.8. The van der Waals surface area contributed by atoms with Crippen LogP contribution in [0.5, 0.6) is 0 Å². The number of hydrogen-bond acceptors (Lipinski definition) is 5. The Morgan fingerprint density at radius 2 is 1.68 bits per heavy atom. The molecule has 190 valence electrons. The number of nitrogens with zero attached hydrogens (tertiary/aromatic N) is 5. The van der Waals surface area contributed by atoms with E-state index in [2.05, 4.69) is 40.5 Å². The Morgan fingerprint density at radius 1 is 0.973 bits per heavy atom. The number of hydrogen-bond donors (Lipinski definition) is 0. The van der Waals surface area contributed by atoms with Crippen molar-refractivity contribution in [2.45, 2.75) is 27.3 Å². The van der Waals surface area contributed by atoms with E-state index in [9.17, 15) is 14.9 Å². The van der Waals surface area contributed by atoms with Gasteiger partial charge < -0.3 is 9.30 Å². The van der Waals surface area contributed by atoms with Gasteiger partial charge in [-0.1, -0.05) is 55.8 Å². The van der Waals surface area contributed by atoms with Gasteiger partial charge >= 0.3 is 0 Å². The third-order valence-corrected chi connectivity index (χ3v) is 6.98. The molecule has 0 atom stereocenters. The number of aryl methyl sites for hydroxylation is 1. The molecule has 0 aliphatic carbocycles. The molecule has 0 radical (unpaired) electrons. The molecule has 1 aliphatic rings. The fraction of sp³-hybridized carbons (Fsp3) is 0.310. The lowest BCUT2D eigenvalue weighted by atomic mass is 10.1. The number of pyridine rings is 1. The summed E-state index contributed by atoms with van der Waals surface area (Å²) in [6.07, 6.45) is 2.02. The smallest absolute Gasteiger partial charge is 0.270 e. The summed E-state index contributed by atoms with van der Waals surface area (Å²) in [6, 6.07) is 19.0. The van der Waals surface area contributed by atoms with Gasteiger partial charge in [0.15, 0.2) is 0 Å². The Morgan fingerprint density at radius 3 is 2.35 bits per heavy atom. The average Bonchev–Trinajstić information content (AvgIpc) is 3.26. The van der Waals surface area contributed by atoms with Crippen LogP contribution >= 0.6 is 0 Å². The summed E-state index contributed by atoms with van der Waals surface area (Å²) in [6.45, 7) is 9.66. The summed E-state index contributed by atoms with van der Waals surface area (Å²) in [7, 11) is 0. The topological polar surface area (TPSA) is 84.0 Å². The number of imidazole rings is 1. The monoisotopic (exact) mass is 497 g/mol. The minimum absolute atomic E-state index is 0.00527. The number of aromatic nitrogens is 2. The maximum Gasteiger partial charge on any atom is 0.270 e. The maximum absolute atomic E-state index is 12.5. The highest BCUT2D eigenvalue weighted by molar-refractivity contribution is 5.78. The number of carbonyl (C=O) groups excluding carboxylic acids is 1. The number of non-ortho nitro benzene ring substituents is 1. The zero-order valence-corrected chi connectivity index (χ0v) is 21.4. The number of benzene rings is 2. The lowest BCUT2D eigenvalue weighted by Gasteiger charge is -2.35. The van der Waals surface area contributed by atoms with Crippen molar-refractivity contribution in [3.05, 3.63) is 88.2 Å². The molecule has 1 amide bonds.